The monoisotopic (exact) mass is 410 g/mol. The first-order valence-corrected chi connectivity index (χ1v) is 9.52. The minimum atomic E-state index is 0.441. The van der Waals surface area contributed by atoms with Crippen molar-refractivity contribution >= 4 is 11.6 Å². The number of rotatable bonds is 10. The molecule has 0 aliphatic carbocycles. The molecule has 0 aliphatic heterocycles. The number of nitrogens with two attached hydrogens (primary N) is 1. The van der Waals surface area contributed by atoms with Gasteiger partial charge in [-0.05, 0) is 31.2 Å². The number of hydrogen-bond acceptors (Lipinski definition) is 8. The maximum atomic E-state index is 5.73. The Morgan fingerprint density at radius 2 is 1.73 bits per heavy atom. The van der Waals surface area contributed by atoms with Crippen molar-refractivity contribution in [3.8, 4) is 34.3 Å². The van der Waals surface area contributed by atoms with E-state index in [1.807, 2.05) is 30.3 Å². The van der Waals surface area contributed by atoms with E-state index in [9.17, 15) is 0 Å². The molecule has 2 aromatic carbocycles. The first-order chi connectivity index (χ1) is 14.7. The summed E-state index contributed by atoms with van der Waals surface area (Å²) in [4.78, 5) is 8.94. The number of hydrogen-bond donors (Lipinski definition) is 2. The maximum Gasteiger partial charge on any atom is 0.227 e. The van der Waals surface area contributed by atoms with E-state index in [0.717, 1.165) is 23.4 Å². The van der Waals surface area contributed by atoms with Gasteiger partial charge in [0.15, 0.2) is 11.5 Å². The van der Waals surface area contributed by atoms with E-state index in [2.05, 4.69) is 15.3 Å². The van der Waals surface area contributed by atoms with Crippen LogP contribution in [0.15, 0.2) is 48.7 Å². The molecule has 3 rings (SSSR count). The predicted molar refractivity (Wildman–Crippen MR) is 116 cm³/mol. The van der Waals surface area contributed by atoms with Crippen LogP contribution in [0.2, 0.25) is 0 Å². The molecular formula is C22H26N4O4. The lowest BCUT2D eigenvalue weighted by Gasteiger charge is -2.14. The van der Waals surface area contributed by atoms with E-state index in [-0.39, 0.29) is 0 Å². The minimum Gasteiger partial charge on any atom is -0.494 e. The molecule has 0 amide bonds. The molecule has 0 bridgehead atoms. The highest BCUT2D eigenvalue weighted by Crippen LogP contribution is 2.40. The molecule has 3 N–H and O–H groups in total. The van der Waals surface area contributed by atoms with E-state index in [0.29, 0.717) is 42.0 Å². The van der Waals surface area contributed by atoms with Gasteiger partial charge in [-0.2, -0.15) is 0 Å². The number of nitrogens with zero attached hydrogens (tertiary/aromatic N) is 2. The molecule has 1 heterocycles. The zero-order chi connectivity index (χ0) is 21.3. The number of ether oxygens (including phenoxy) is 4. The van der Waals surface area contributed by atoms with Gasteiger partial charge in [0.25, 0.3) is 0 Å². The van der Waals surface area contributed by atoms with Crippen molar-refractivity contribution in [3.63, 3.8) is 0 Å². The summed E-state index contributed by atoms with van der Waals surface area (Å²) in [6, 6.07) is 13.2. The average Bonchev–Trinajstić information content (AvgIpc) is 2.79. The highest BCUT2D eigenvalue weighted by Gasteiger charge is 2.14. The largest absolute Gasteiger partial charge is 0.494 e. The molecule has 0 saturated carbocycles. The molecule has 1 aromatic heterocycles. The fourth-order valence-corrected chi connectivity index (χ4v) is 2.88. The summed E-state index contributed by atoms with van der Waals surface area (Å²) in [5.41, 5.74) is 7.92. The fraction of sp³-hybridized carbons (Fsp3) is 0.273. The second-order valence-corrected chi connectivity index (χ2v) is 6.32. The molecule has 0 saturated heterocycles. The lowest BCUT2D eigenvalue weighted by Crippen LogP contribution is -2.06. The van der Waals surface area contributed by atoms with Gasteiger partial charge in [0.05, 0.1) is 33.6 Å². The van der Waals surface area contributed by atoms with Crippen molar-refractivity contribution in [2.45, 2.75) is 6.42 Å². The zero-order valence-electron chi connectivity index (χ0n) is 17.3. The molecule has 0 radical (unpaired) electrons. The number of nitrogens with one attached hydrogen (secondary N) is 1. The molecular weight excluding hydrogens is 384 g/mol. The minimum absolute atomic E-state index is 0.441. The Hall–Kier alpha value is -3.52. The van der Waals surface area contributed by atoms with Crippen molar-refractivity contribution in [2.75, 3.05) is 39.8 Å². The Morgan fingerprint density at radius 1 is 0.967 bits per heavy atom. The third kappa shape index (κ3) is 5.09. The molecule has 0 unspecified atom stereocenters. The zero-order valence-corrected chi connectivity index (χ0v) is 17.3. The number of aromatic nitrogens is 2. The van der Waals surface area contributed by atoms with Gasteiger partial charge in [-0.1, -0.05) is 12.1 Å². The topological polar surface area (TPSA) is 101 Å². The summed E-state index contributed by atoms with van der Waals surface area (Å²) in [7, 11) is 4.70. The van der Waals surface area contributed by atoms with Crippen LogP contribution in [0.4, 0.5) is 11.6 Å². The van der Waals surface area contributed by atoms with Gasteiger partial charge in [0.2, 0.25) is 11.7 Å². The highest BCUT2D eigenvalue weighted by atomic mass is 16.5. The Balaban J connectivity index is 1.84. The molecule has 158 valence electrons. The molecule has 8 nitrogen and oxygen atoms in total. The molecule has 0 atom stereocenters. The van der Waals surface area contributed by atoms with Crippen LogP contribution in [-0.4, -0.2) is 44.4 Å². The van der Waals surface area contributed by atoms with E-state index >= 15 is 0 Å². The number of benzene rings is 2. The summed E-state index contributed by atoms with van der Waals surface area (Å²) in [6.45, 7) is 1.18. The molecule has 8 heteroatoms. The van der Waals surface area contributed by atoms with Crippen molar-refractivity contribution < 1.29 is 18.9 Å². The van der Waals surface area contributed by atoms with E-state index in [1.54, 1.807) is 39.7 Å². The molecule has 3 aromatic rings. The number of methoxy groups -OCH3 is 3. The summed E-state index contributed by atoms with van der Waals surface area (Å²) >= 11 is 0. The normalized spacial score (nSPS) is 10.4. The van der Waals surface area contributed by atoms with Gasteiger partial charge in [0, 0.05) is 29.6 Å². The van der Waals surface area contributed by atoms with Crippen molar-refractivity contribution in [2.24, 2.45) is 5.73 Å². The predicted octanol–water partition coefficient (Wildman–Crippen LogP) is 3.64. The lowest BCUT2D eigenvalue weighted by molar-refractivity contribution is 0.313. The van der Waals surface area contributed by atoms with Crippen molar-refractivity contribution in [1.82, 2.24) is 9.97 Å². The summed E-state index contributed by atoms with van der Waals surface area (Å²) < 4.78 is 21.9. The quantitative estimate of drug-likeness (QED) is 0.489. The molecule has 0 spiro atoms. The first kappa shape index (κ1) is 21.2. The standard InChI is InChI=1S/C22H26N4O4/c1-27-19-13-16(14-20(28-2)21(19)29-3)25-22-24-10-8-18(26-22)15-6-4-7-17(12-15)30-11-5-9-23/h4,6-8,10,12-14H,5,9,11,23H2,1-3H3,(H,24,25,26). The second-order valence-electron chi connectivity index (χ2n) is 6.32. The van der Waals surface area contributed by atoms with Crippen molar-refractivity contribution in [1.29, 1.82) is 0 Å². The van der Waals surface area contributed by atoms with Gasteiger partial charge in [-0.3, -0.25) is 0 Å². The Kier molecular flexibility index (Phi) is 7.29. The smallest absolute Gasteiger partial charge is 0.227 e. The van der Waals surface area contributed by atoms with E-state index in [4.69, 9.17) is 24.7 Å². The molecule has 30 heavy (non-hydrogen) atoms. The van der Waals surface area contributed by atoms with E-state index in [1.165, 1.54) is 0 Å². The van der Waals surface area contributed by atoms with Crippen LogP contribution in [0.1, 0.15) is 6.42 Å². The van der Waals surface area contributed by atoms with Crippen molar-refractivity contribution in [3.05, 3.63) is 48.7 Å². The SMILES string of the molecule is COc1cc(Nc2nccc(-c3cccc(OCCCN)c3)n2)cc(OC)c1OC. The van der Waals surface area contributed by atoms with Gasteiger partial charge in [-0.25, -0.2) is 9.97 Å². The third-order valence-corrected chi connectivity index (χ3v) is 4.32. The van der Waals surface area contributed by atoms with Gasteiger partial charge < -0.3 is 30.0 Å². The molecule has 0 aliphatic rings. The van der Waals surface area contributed by atoms with Crippen LogP contribution < -0.4 is 30.0 Å². The fourth-order valence-electron chi connectivity index (χ4n) is 2.88. The Morgan fingerprint density at radius 3 is 2.40 bits per heavy atom. The van der Waals surface area contributed by atoms with E-state index < -0.39 is 0 Å². The lowest BCUT2D eigenvalue weighted by atomic mass is 10.1. The van der Waals surface area contributed by atoms with Gasteiger partial charge in [-0.15, -0.1) is 0 Å². The summed E-state index contributed by atoms with van der Waals surface area (Å²) in [6.07, 6.45) is 2.51. The van der Waals surface area contributed by atoms with Crippen LogP contribution in [-0.2, 0) is 0 Å². The molecule has 0 fully saturated rings. The maximum absolute atomic E-state index is 5.73. The average molecular weight is 410 g/mol. The Labute approximate surface area is 176 Å². The van der Waals surface area contributed by atoms with Crippen LogP contribution in [0.3, 0.4) is 0 Å². The van der Waals surface area contributed by atoms with Crippen LogP contribution >= 0.6 is 0 Å². The Bertz CT molecular complexity index is 956. The number of anilines is 2. The van der Waals surface area contributed by atoms with Crippen LogP contribution in [0, 0.1) is 0 Å². The van der Waals surface area contributed by atoms with Crippen LogP contribution in [0.25, 0.3) is 11.3 Å². The summed E-state index contributed by atoms with van der Waals surface area (Å²) in [5.74, 6) is 2.82. The third-order valence-electron chi connectivity index (χ3n) is 4.32. The van der Waals surface area contributed by atoms with Gasteiger partial charge >= 0.3 is 0 Å². The van der Waals surface area contributed by atoms with Gasteiger partial charge in [0.1, 0.15) is 5.75 Å². The first-order valence-electron chi connectivity index (χ1n) is 9.52. The summed E-state index contributed by atoms with van der Waals surface area (Å²) in [5, 5.41) is 3.19. The highest BCUT2D eigenvalue weighted by molar-refractivity contribution is 5.67. The van der Waals surface area contributed by atoms with Crippen LogP contribution in [0.5, 0.6) is 23.0 Å². The second kappa shape index (κ2) is 10.3.